The van der Waals surface area contributed by atoms with Crippen molar-refractivity contribution in [3.63, 3.8) is 0 Å². The van der Waals surface area contributed by atoms with E-state index in [0.29, 0.717) is 11.3 Å². The molecule has 1 saturated carbocycles. The average Bonchev–Trinajstić information content (AvgIpc) is 2.70. The Hall–Kier alpha value is -1.83. The second-order valence-electron chi connectivity index (χ2n) is 7.59. The summed E-state index contributed by atoms with van der Waals surface area (Å²) in [5, 5.41) is 0.748. The molecule has 1 aromatic heterocycles. The SMILES string of the molecule is O=C(CSc1nc(C(F)(F)F)nc2ccccc12)N1CC[C@H]2CCCC[C@H]2C1. The molecule has 0 radical (unpaired) electrons. The van der Waals surface area contributed by atoms with Gasteiger partial charge in [-0.15, -0.1) is 0 Å². The number of amides is 1. The molecule has 0 bridgehead atoms. The quantitative estimate of drug-likeness (QED) is 0.541. The van der Waals surface area contributed by atoms with E-state index >= 15 is 0 Å². The van der Waals surface area contributed by atoms with Gasteiger partial charge in [-0.2, -0.15) is 13.2 Å². The van der Waals surface area contributed by atoms with Crippen LogP contribution in [0.4, 0.5) is 13.2 Å². The number of nitrogens with zero attached hydrogens (tertiary/aromatic N) is 3. The predicted molar refractivity (Wildman–Crippen MR) is 102 cm³/mol. The van der Waals surface area contributed by atoms with Crippen LogP contribution >= 0.6 is 11.8 Å². The van der Waals surface area contributed by atoms with E-state index in [1.54, 1.807) is 18.2 Å². The number of halogens is 3. The van der Waals surface area contributed by atoms with Gasteiger partial charge in [0.05, 0.1) is 11.3 Å². The van der Waals surface area contributed by atoms with Gasteiger partial charge in [0.25, 0.3) is 0 Å². The Morgan fingerprint density at radius 1 is 1.11 bits per heavy atom. The van der Waals surface area contributed by atoms with Gasteiger partial charge in [0.2, 0.25) is 11.7 Å². The van der Waals surface area contributed by atoms with Crippen LogP contribution in [0.15, 0.2) is 29.3 Å². The Balaban J connectivity index is 1.48. The Bertz CT molecular complexity index is 873. The number of carbonyl (C=O) groups is 1. The number of hydrogen-bond donors (Lipinski definition) is 0. The number of para-hydroxylation sites is 1. The van der Waals surface area contributed by atoms with Crippen LogP contribution in [0.1, 0.15) is 37.9 Å². The monoisotopic (exact) mass is 409 g/mol. The van der Waals surface area contributed by atoms with Crippen LogP contribution in [0.25, 0.3) is 10.9 Å². The molecule has 2 aliphatic rings. The maximum Gasteiger partial charge on any atom is 0.451 e. The summed E-state index contributed by atoms with van der Waals surface area (Å²) in [4.78, 5) is 21.9. The number of piperidine rings is 1. The number of benzene rings is 1. The average molecular weight is 409 g/mol. The number of aromatic nitrogens is 2. The predicted octanol–water partition coefficient (Wildman–Crippen LogP) is 4.78. The zero-order chi connectivity index (χ0) is 19.7. The highest BCUT2D eigenvalue weighted by Crippen LogP contribution is 2.37. The summed E-state index contributed by atoms with van der Waals surface area (Å²) in [7, 11) is 0. The number of carbonyl (C=O) groups excluding carboxylic acids is 1. The first-order chi connectivity index (χ1) is 13.4. The number of fused-ring (bicyclic) bond motifs is 2. The van der Waals surface area contributed by atoms with Crippen LogP contribution < -0.4 is 0 Å². The van der Waals surface area contributed by atoms with Gasteiger partial charge in [0, 0.05) is 18.5 Å². The van der Waals surface area contributed by atoms with E-state index in [9.17, 15) is 18.0 Å². The van der Waals surface area contributed by atoms with Crippen molar-refractivity contribution < 1.29 is 18.0 Å². The summed E-state index contributed by atoms with van der Waals surface area (Å²) in [5.41, 5.74) is 0.239. The Labute approximate surface area is 165 Å². The van der Waals surface area contributed by atoms with Gasteiger partial charge in [-0.1, -0.05) is 49.2 Å². The lowest BCUT2D eigenvalue weighted by Crippen LogP contribution is -2.45. The van der Waals surface area contributed by atoms with Crippen LogP contribution in [0.3, 0.4) is 0 Å². The molecule has 2 fully saturated rings. The topological polar surface area (TPSA) is 46.1 Å². The van der Waals surface area contributed by atoms with Crippen LogP contribution in [0.2, 0.25) is 0 Å². The molecule has 28 heavy (non-hydrogen) atoms. The third-order valence-corrected chi connectivity index (χ3v) is 6.77. The molecule has 8 heteroatoms. The van der Waals surface area contributed by atoms with Crippen molar-refractivity contribution in [3.05, 3.63) is 30.1 Å². The second-order valence-corrected chi connectivity index (χ2v) is 8.55. The van der Waals surface area contributed by atoms with Crippen molar-refractivity contribution in [2.75, 3.05) is 18.8 Å². The zero-order valence-electron chi connectivity index (χ0n) is 15.4. The van der Waals surface area contributed by atoms with E-state index in [-0.39, 0.29) is 22.2 Å². The van der Waals surface area contributed by atoms with Crippen molar-refractivity contribution in [2.45, 2.75) is 43.3 Å². The molecule has 150 valence electrons. The standard InChI is InChI=1S/C20H22F3N3OS/c21-20(22,23)19-24-16-8-4-3-7-15(16)18(25-19)28-12-17(27)26-10-9-13-5-1-2-6-14(13)11-26/h3-4,7-8,13-14H,1-2,5-6,9-12H2/t13-,14+/m1/s1. The lowest BCUT2D eigenvalue weighted by atomic mass is 9.75. The van der Waals surface area contributed by atoms with E-state index in [2.05, 4.69) is 9.97 Å². The Morgan fingerprint density at radius 2 is 1.86 bits per heavy atom. The Morgan fingerprint density at radius 3 is 2.64 bits per heavy atom. The van der Waals surface area contributed by atoms with Gasteiger partial charge >= 0.3 is 6.18 Å². The second kappa shape index (κ2) is 7.89. The third-order valence-electron chi connectivity index (χ3n) is 5.80. The molecule has 4 rings (SSSR count). The molecule has 1 saturated heterocycles. The smallest absolute Gasteiger partial charge is 0.342 e. The van der Waals surface area contributed by atoms with Gasteiger partial charge < -0.3 is 4.90 Å². The first kappa shape index (κ1) is 19.5. The van der Waals surface area contributed by atoms with Crippen molar-refractivity contribution in [3.8, 4) is 0 Å². The molecule has 2 atom stereocenters. The normalized spacial score (nSPS) is 22.9. The molecular formula is C20H22F3N3OS. The highest BCUT2D eigenvalue weighted by Gasteiger charge is 2.36. The van der Waals surface area contributed by atoms with Gasteiger partial charge in [-0.3, -0.25) is 4.79 Å². The summed E-state index contributed by atoms with van der Waals surface area (Å²) in [6, 6.07) is 6.60. The van der Waals surface area contributed by atoms with E-state index in [1.807, 2.05) is 4.90 Å². The van der Waals surface area contributed by atoms with Gasteiger partial charge in [-0.25, -0.2) is 9.97 Å². The number of alkyl halides is 3. The number of rotatable bonds is 3. The summed E-state index contributed by atoms with van der Waals surface area (Å²) in [5.74, 6) is 0.212. The molecule has 0 unspecified atom stereocenters. The highest BCUT2D eigenvalue weighted by molar-refractivity contribution is 8.00. The maximum absolute atomic E-state index is 13.1. The number of hydrogen-bond acceptors (Lipinski definition) is 4. The van der Waals surface area contributed by atoms with Gasteiger partial charge in [0.15, 0.2) is 0 Å². The summed E-state index contributed by atoms with van der Waals surface area (Å²) < 4.78 is 39.4. The Kier molecular flexibility index (Phi) is 5.49. The zero-order valence-corrected chi connectivity index (χ0v) is 16.2. The first-order valence-corrected chi connectivity index (χ1v) is 10.6. The van der Waals surface area contributed by atoms with Gasteiger partial charge in [-0.05, 0) is 30.7 Å². The van der Waals surface area contributed by atoms with Crippen molar-refractivity contribution >= 4 is 28.6 Å². The highest BCUT2D eigenvalue weighted by atomic mass is 32.2. The summed E-state index contributed by atoms with van der Waals surface area (Å²) >= 11 is 1.07. The fourth-order valence-electron chi connectivity index (χ4n) is 4.33. The molecule has 2 heterocycles. The molecule has 1 aliphatic heterocycles. The number of likely N-dealkylation sites (tertiary alicyclic amines) is 1. The van der Waals surface area contributed by atoms with Crippen LogP contribution in [0.5, 0.6) is 0 Å². The van der Waals surface area contributed by atoms with Crippen molar-refractivity contribution in [2.24, 2.45) is 11.8 Å². The first-order valence-electron chi connectivity index (χ1n) is 9.66. The minimum absolute atomic E-state index is 0.0229. The van der Waals surface area contributed by atoms with Crippen LogP contribution in [-0.2, 0) is 11.0 Å². The van der Waals surface area contributed by atoms with E-state index in [1.165, 1.54) is 31.7 Å². The molecule has 2 aromatic rings. The molecular weight excluding hydrogens is 387 g/mol. The molecule has 4 nitrogen and oxygen atoms in total. The van der Waals surface area contributed by atoms with E-state index in [4.69, 9.17) is 0 Å². The van der Waals surface area contributed by atoms with Crippen molar-refractivity contribution in [1.29, 1.82) is 0 Å². The summed E-state index contributed by atoms with van der Waals surface area (Å²) in [6.07, 6.45) is 1.36. The third kappa shape index (κ3) is 4.11. The lowest BCUT2D eigenvalue weighted by Gasteiger charge is -2.41. The molecule has 1 amide bonds. The minimum atomic E-state index is -4.62. The molecule has 0 spiro atoms. The minimum Gasteiger partial charge on any atom is -0.342 e. The largest absolute Gasteiger partial charge is 0.451 e. The maximum atomic E-state index is 13.1. The molecule has 1 aliphatic carbocycles. The molecule has 0 N–H and O–H groups in total. The van der Waals surface area contributed by atoms with Gasteiger partial charge in [0.1, 0.15) is 5.03 Å². The van der Waals surface area contributed by atoms with Crippen LogP contribution in [-0.4, -0.2) is 39.6 Å². The van der Waals surface area contributed by atoms with E-state index in [0.717, 1.165) is 37.2 Å². The fraction of sp³-hybridized carbons (Fsp3) is 0.550. The molecule has 1 aromatic carbocycles. The number of thioether (sulfide) groups is 1. The van der Waals surface area contributed by atoms with Crippen LogP contribution in [0, 0.1) is 11.8 Å². The van der Waals surface area contributed by atoms with E-state index < -0.39 is 12.0 Å². The summed E-state index contributed by atoms with van der Waals surface area (Å²) in [6.45, 7) is 1.53. The fourth-order valence-corrected chi connectivity index (χ4v) is 5.25. The lowest BCUT2D eigenvalue weighted by molar-refractivity contribution is -0.145. The van der Waals surface area contributed by atoms with Crippen molar-refractivity contribution in [1.82, 2.24) is 14.9 Å².